The van der Waals surface area contributed by atoms with Crippen molar-refractivity contribution in [3.05, 3.63) is 57.0 Å². The smallest absolute Gasteiger partial charge is 0.175 e. The number of ether oxygens (including phenoxy) is 3. The molecule has 1 fully saturated rings. The van der Waals surface area contributed by atoms with Gasteiger partial charge in [0, 0.05) is 24.7 Å². The van der Waals surface area contributed by atoms with Crippen LogP contribution < -0.4 is 14.8 Å². The minimum Gasteiger partial charge on any atom is -0.490 e. The molecule has 1 aliphatic rings. The van der Waals surface area contributed by atoms with Crippen LogP contribution in [-0.4, -0.2) is 25.9 Å². The molecule has 27 heavy (non-hydrogen) atoms. The molecule has 0 radical (unpaired) electrons. The maximum absolute atomic E-state index is 6.05. The second-order valence-corrected chi connectivity index (χ2v) is 7.81. The van der Waals surface area contributed by atoms with Crippen molar-refractivity contribution in [2.75, 3.05) is 19.8 Å². The maximum atomic E-state index is 6.05. The first kappa shape index (κ1) is 20.5. The number of benzene rings is 2. The highest BCUT2D eigenvalue weighted by Gasteiger charge is 2.16. The monoisotopic (exact) mass is 453 g/mol. The maximum Gasteiger partial charge on any atom is 0.175 e. The molecule has 2 aromatic carbocycles. The molecule has 146 valence electrons. The molecule has 0 bridgehead atoms. The van der Waals surface area contributed by atoms with E-state index in [1.807, 2.05) is 37.3 Å². The highest BCUT2D eigenvalue weighted by atomic mass is 79.9. The molecular weight excluding hydrogens is 430 g/mol. The van der Waals surface area contributed by atoms with Crippen molar-refractivity contribution in [2.45, 2.75) is 39.0 Å². The van der Waals surface area contributed by atoms with E-state index in [4.69, 9.17) is 25.8 Å². The summed E-state index contributed by atoms with van der Waals surface area (Å²) in [6, 6.07) is 11.8. The van der Waals surface area contributed by atoms with Crippen molar-refractivity contribution in [1.82, 2.24) is 5.32 Å². The van der Waals surface area contributed by atoms with Crippen LogP contribution in [-0.2, 0) is 17.9 Å². The lowest BCUT2D eigenvalue weighted by Gasteiger charge is -2.16. The molecule has 1 N–H and O–H groups in total. The largest absolute Gasteiger partial charge is 0.490 e. The third kappa shape index (κ3) is 6.11. The van der Waals surface area contributed by atoms with Gasteiger partial charge in [0.25, 0.3) is 0 Å². The molecule has 1 heterocycles. The Balaban J connectivity index is 1.65. The Hall–Kier alpha value is -1.27. The highest BCUT2D eigenvalue weighted by molar-refractivity contribution is 9.10. The number of hydrogen-bond donors (Lipinski definition) is 1. The van der Waals surface area contributed by atoms with Gasteiger partial charge in [-0.05, 0) is 71.1 Å². The van der Waals surface area contributed by atoms with E-state index in [1.54, 1.807) is 0 Å². The zero-order chi connectivity index (χ0) is 19.1. The molecule has 0 saturated carbocycles. The molecule has 0 unspecified atom stereocenters. The first-order chi connectivity index (χ1) is 13.2. The van der Waals surface area contributed by atoms with Gasteiger partial charge in [0.15, 0.2) is 11.5 Å². The van der Waals surface area contributed by atoms with Crippen LogP contribution in [0.2, 0.25) is 5.02 Å². The summed E-state index contributed by atoms with van der Waals surface area (Å²) >= 11 is 9.68. The van der Waals surface area contributed by atoms with Crippen LogP contribution in [0.25, 0.3) is 0 Å². The second kappa shape index (κ2) is 10.3. The average molecular weight is 455 g/mol. The third-order valence-corrected chi connectivity index (χ3v) is 5.19. The van der Waals surface area contributed by atoms with E-state index < -0.39 is 0 Å². The molecule has 0 amide bonds. The van der Waals surface area contributed by atoms with Crippen LogP contribution in [0, 0.1) is 0 Å². The summed E-state index contributed by atoms with van der Waals surface area (Å²) in [6.45, 7) is 5.48. The lowest BCUT2D eigenvalue weighted by molar-refractivity contribution is 0.110. The fraction of sp³-hybridized carbons (Fsp3) is 0.429. The summed E-state index contributed by atoms with van der Waals surface area (Å²) in [4.78, 5) is 0. The fourth-order valence-corrected chi connectivity index (χ4v) is 3.91. The summed E-state index contributed by atoms with van der Waals surface area (Å²) < 4.78 is 18.4. The topological polar surface area (TPSA) is 39.7 Å². The van der Waals surface area contributed by atoms with Gasteiger partial charge in [-0.2, -0.15) is 0 Å². The standard InChI is InChI=1S/C21H25BrClNO3/c1-2-25-20-11-16(12-24-13-18-7-4-8-26-18)10-19(22)21(20)27-14-15-5-3-6-17(23)9-15/h3,5-6,9-11,18,24H,2,4,7-8,12-14H2,1H3/t18-/m1/s1. The third-order valence-electron chi connectivity index (χ3n) is 4.37. The van der Waals surface area contributed by atoms with E-state index in [1.165, 1.54) is 0 Å². The van der Waals surface area contributed by atoms with Crippen molar-refractivity contribution in [2.24, 2.45) is 0 Å². The van der Waals surface area contributed by atoms with Gasteiger partial charge in [0.2, 0.25) is 0 Å². The van der Waals surface area contributed by atoms with Crippen molar-refractivity contribution in [3.63, 3.8) is 0 Å². The zero-order valence-electron chi connectivity index (χ0n) is 15.5. The van der Waals surface area contributed by atoms with E-state index in [-0.39, 0.29) is 0 Å². The Bertz CT molecular complexity index is 750. The molecule has 2 aromatic rings. The highest BCUT2D eigenvalue weighted by Crippen LogP contribution is 2.37. The molecule has 0 aromatic heterocycles. The van der Waals surface area contributed by atoms with E-state index >= 15 is 0 Å². The number of rotatable bonds is 9. The van der Waals surface area contributed by atoms with Gasteiger partial charge in [-0.1, -0.05) is 23.7 Å². The molecule has 1 aliphatic heterocycles. The predicted octanol–water partition coefficient (Wildman–Crippen LogP) is 5.35. The molecular formula is C21H25BrClNO3. The van der Waals surface area contributed by atoms with Gasteiger partial charge < -0.3 is 19.5 Å². The molecule has 1 atom stereocenters. The van der Waals surface area contributed by atoms with E-state index in [9.17, 15) is 0 Å². The SMILES string of the molecule is CCOc1cc(CNC[C@H]2CCCO2)cc(Br)c1OCc1cccc(Cl)c1. The Labute approximate surface area is 174 Å². The molecule has 0 spiro atoms. The Morgan fingerprint density at radius 2 is 2.11 bits per heavy atom. The van der Waals surface area contributed by atoms with Gasteiger partial charge in [0.05, 0.1) is 17.2 Å². The first-order valence-electron chi connectivity index (χ1n) is 9.30. The molecule has 3 rings (SSSR count). The summed E-state index contributed by atoms with van der Waals surface area (Å²) in [6.07, 6.45) is 2.63. The second-order valence-electron chi connectivity index (χ2n) is 6.52. The number of halogens is 2. The van der Waals surface area contributed by atoms with Crippen molar-refractivity contribution in [1.29, 1.82) is 0 Å². The molecule has 0 aliphatic carbocycles. The lowest BCUT2D eigenvalue weighted by Crippen LogP contribution is -2.25. The minimum atomic E-state index is 0.333. The Kier molecular flexibility index (Phi) is 7.82. The number of nitrogens with one attached hydrogen (secondary N) is 1. The fourth-order valence-electron chi connectivity index (χ4n) is 3.09. The number of hydrogen-bond acceptors (Lipinski definition) is 4. The Morgan fingerprint density at radius 1 is 1.22 bits per heavy atom. The van der Waals surface area contributed by atoms with Gasteiger partial charge in [-0.3, -0.25) is 0 Å². The van der Waals surface area contributed by atoms with Crippen LogP contribution in [0.3, 0.4) is 0 Å². The van der Waals surface area contributed by atoms with Crippen molar-refractivity contribution < 1.29 is 14.2 Å². The van der Waals surface area contributed by atoms with E-state index in [0.29, 0.717) is 30.1 Å². The first-order valence-corrected chi connectivity index (χ1v) is 10.5. The minimum absolute atomic E-state index is 0.333. The normalized spacial score (nSPS) is 16.5. The van der Waals surface area contributed by atoms with Crippen molar-refractivity contribution >= 4 is 27.5 Å². The Morgan fingerprint density at radius 3 is 2.85 bits per heavy atom. The molecule has 6 heteroatoms. The zero-order valence-corrected chi connectivity index (χ0v) is 17.8. The molecule has 4 nitrogen and oxygen atoms in total. The summed E-state index contributed by atoms with van der Waals surface area (Å²) in [5.74, 6) is 1.45. The van der Waals surface area contributed by atoms with Gasteiger partial charge >= 0.3 is 0 Å². The van der Waals surface area contributed by atoms with Crippen LogP contribution in [0.15, 0.2) is 40.9 Å². The van der Waals surface area contributed by atoms with Crippen LogP contribution in [0.5, 0.6) is 11.5 Å². The average Bonchev–Trinajstić information content (AvgIpc) is 3.15. The van der Waals surface area contributed by atoms with Crippen LogP contribution >= 0.6 is 27.5 Å². The summed E-state index contributed by atoms with van der Waals surface area (Å²) in [5, 5.41) is 4.17. The van der Waals surface area contributed by atoms with Gasteiger partial charge in [0.1, 0.15) is 6.61 Å². The van der Waals surface area contributed by atoms with E-state index in [0.717, 1.165) is 53.9 Å². The quantitative estimate of drug-likeness (QED) is 0.554. The van der Waals surface area contributed by atoms with Gasteiger partial charge in [-0.25, -0.2) is 0 Å². The van der Waals surface area contributed by atoms with Crippen molar-refractivity contribution in [3.8, 4) is 11.5 Å². The van der Waals surface area contributed by atoms with Crippen LogP contribution in [0.1, 0.15) is 30.9 Å². The molecule has 1 saturated heterocycles. The predicted molar refractivity (Wildman–Crippen MR) is 112 cm³/mol. The lowest BCUT2D eigenvalue weighted by atomic mass is 10.2. The van der Waals surface area contributed by atoms with E-state index in [2.05, 4.69) is 27.3 Å². The van der Waals surface area contributed by atoms with Crippen LogP contribution in [0.4, 0.5) is 0 Å². The van der Waals surface area contributed by atoms with Gasteiger partial charge in [-0.15, -0.1) is 0 Å². The summed E-state index contributed by atoms with van der Waals surface area (Å²) in [7, 11) is 0. The summed E-state index contributed by atoms with van der Waals surface area (Å²) in [5.41, 5.74) is 2.15.